The molecule has 5 nitrogen and oxygen atoms in total. The first-order valence-electron chi connectivity index (χ1n) is 9.23. The Labute approximate surface area is 157 Å². The number of carbonyl (C=O) groups is 1. The van der Waals surface area contributed by atoms with Crippen LogP contribution in [-0.4, -0.2) is 39.2 Å². The van der Waals surface area contributed by atoms with Crippen molar-refractivity contribution in [1.29, 1.82) is 0 Å². The maximum atomic E-state index is 12.7. The zero-order valence-electron chi connectivity index (χ0n) is 14.7. The molecule has 0 radical (unpaired) electrons. The van der Waals surface area contributed by atoms with E-state index in [0.717, 1.165) is 43.3 Å². The van der Waals surface area contributed by atoms with Crippen LogP contribution in [0.2, 0.25) is 0 Å². The number of piperidine rings is 1. The van der Waals surface area contributed by atoms with Crippen molar-refractivity contribution in [3.8, 4) is 0 Å². The summed E-state index contributed by atoms with van der Waals surface area (Å²) in [5.74, 6) is 1.57. The Balaban J connectivity index is 1.32. The third kappa shape index (κ3) is 3.70. The number of aromatic nitrogens is 2. The number of carbonyl (C=O) groups excluding carboxylic acids is 1. The van der Waals surface area contributed by atoms with Gasteiger partial charge in [0, 0.05) is 37.5 Å². The van der Waals surface area contributed by atoms with Gasteiger partial charge in [0.25, 0.3) is 5.56 Å². The number of likely N-dealkylation sites (tertiary alicyclic amines) is 1. The summed E-state index contributed by atoms with van der Waals surface area (Å²) in [6.07, 6.45) is 5.14. The van der Waals surface area contributed by atoms with Gasteiger partial charge in [-0.2, -0.15) is 0 Å². The molecule has 2 aliphatic rings. The van der Waals surface area contributed by atoms with Crippen LogP contribution < -0.4 is 5.56 Å². The van der Waals surface area contributed by atoms with Gasteiger partial charge in [0.05, 0.1) is 6.04 Å². The number of rotatable bonds is 4. The zero-order valence-corrected chi connectivity index (χ0v) is 15.5. The summed E-state index contributed by atoms with van der Waals surface area (Å²) in [5.41, 5.74) is 1.32. The second kappa shape index (κ2) is 7.66. The predicted octanol–water partition coefficient (Wildman–Crippen LogP) is 2.76. The van der Waals surface area contributed by atoms with E-state index in [-0.39, 0.29) is 17.5 Å². The third-order valence-corrected chi connectivity index (χ3v) is 6.47. The number of nitrogens with zero attached hydrogens (tertiary/aromatic N) is 3. The van der Waals surface area contributed by atoms with Gasteiger partial charge < -0.3 is 4.90 Å². The zero-order chi connectivity index (χ0) is 17.9. The summed E-state index contributed by atoms with van der Waals surface area (Å²) in [6, 6.07) is 12.0. The molecule has 6 heteroatoms. The average Bonchev–Trinajstić information content (AvgIpc) is 3.07. The molecule has 26 heavy (non-hydrogen) atoms. The SMILES string of the molecule is O=C(CC1CSc2nccc(=O)n21)N1CCC(Cc2ccccc2)CC1. The van der Waals surface area contributed by atoms with Crippen molar-refractivity contribution in [2.75, 3.05) is 18.8 Å². The van der Waals surface area contributed by atoms with Crippen LogP contribution in [-0.2, 0) is 11.2 Å². The van der Waals surface area contributed by atoms with Gasteiger partial charge >= 0.3 is 0 Å². The fraction of sp³-hybridized carbons (Fsp3) is 0.450. The molecular weight excluding hydrogens is 346 g/mol. The van der Waals surface area contributed by atoms with E-state index in [1.54, 1.807) is 22.5 Å². The normalized spacial score (nSPS) is 20.2. The molecule has 2 aromatic rings. The van der Waals surface area contributed by atoms with Crippen molar-refractivity contribution >= 4 is 17.7 Å². The summed E-state index contributed by atoms with van der Waals surface area (Å²) in [6.45, 7) is 1.65. The van der Waals surface area contributed by atoms with Crippen molar-refractivity contribution < 1.29 is 4.79 Å². The minimum atomic E-state index is -0.0641. The number of thioether (sulfide) groups is 1. The van der Waals surface area contributed by atoms with Gasteiger partial charge in [0.15, 0.2) is 5.16 Å². The van der Waals surface area contributed by atoms with E-state index in [2.05, 4.69) is 29.2 Å². The summed E-state index contributed by atoms with van der Waals surface area (Å²) in [4.78, 5) is 31.0. The molecule has 3 heterocycles. The number of benzene rings is 1. The van der Waals surface area contributed by atoms with Crippen molar-refractivity contribution in [2.24, 2.45) is 5.92 Å². The number of fused-ring (bicyclic) bond motifs is 1. The Kier molecular flexibility index (Phi) is 5.11. The standard InChI is InChI=1S/C20H23N3O2S/c24-18-6-9-21-20-23(18)17(14-26-20)13-19(25)22-10-7-16(8-11-22)12-15-4-2-1-3-5-15/h1-6,9,16-17H,7-8,10-14H2. The van der Waals surface area contributed by atoms with Crippen LogP contribution in [0.4, 0.5) is 0 Å². The Morgan fingerprint density at radius 1 is 1.15 bits per heavy atom. The smallest absolute Gasteiger partial charge is 0.254 e. The van der Waals surface area contributed by atoms with Gasteiger partial charge in [-0.1, -0.05) is 42.1 Å². The highest BCUT2D eigenvalue weighted by Gasteiger charge is 2.30. The first-order valence-corrected chi connectivity index (χ1v) is 10.2. The Hall–Kier alpha value is -2.08. The molecule has 136 valence electrons. The van der Waals surface area contributed by atoms with Crippen LogP contribution in [0, 0.1) is 5.92 Å². The van der Waals surface area contributed by atoms with E-state index in [0.29, 0.717) is 12.3 Å². The number of hydrogen-bond acceptors (Lipinski definition) is 4. The molecule has 0 N–H and O–H groups in total. The monoisotopic (exact) mass is 369 g/mol. The second-order valence-corrected chi connectivity index (χ2v) is 8.11. The molecule has 4 rings (SSSR count). The van der Waals surface area contributed by atoms with Crippen LogP contribution in [0.25, 0.3) is 0 Å². The lowest BCUT2D eigenvalue weighted by Crippen LogP contribution is -2.40. The molecule has 0 bridgehead atoms. The largest absolute Gasteiger partial charge is 0.343 e. The van der Waals surface area contributed by atoms with Crippen LogP contribution in [0.3, 0.4) is 0 Å². The van der Waals surface area contributed by atoms with Crippen LogP contribution in [0.5, 0.6) is 0 Å². The molecule has 0 aliphatic carbocycles. The lowest BCUT2D eigenvalue weighted by Gasteiger charge is -2.32. The highest BCUT2D eigenvalue weighted by Crippen LogP contribution is 2.32. The minimum Gasteiger partial charge on any atom is -0.343 e. The number of amides is 1. The molecule has 2 aliphatic heterocycles. The van der Waals surface area contributed by atoms with E-state index in [1.165, 1.54) is 11.6 Å². The average molecular weight is 369 g/mol. The molecule has 1 aromatic heterocycles. The first-order chi connectivity index (χ1) is 12.7. The molecule has 1 fully saturated rings. The first kappa shape index (κ1) is 17.3. The molecule has 1 atom stereocenters. The summed E-state index contributed by atoms with van der Waals surface area (Å²) < 4.78 is 1.69. The van der Waals surface area contributed by atoms with Gasteiger partial charge in [-0.05, 0) is 30.7 Å². The van der Waals surface area contributed by atoms with E-state index in [9.17, 15) is 9.59 Å². The molecule has 1 amide bonds. The molecular formula is C20H23N3O2S. The van der Waals surface area contributed by atoms with Crippen molar-refractivity contribution in [1.82, 2.24) is 14.5 Å². The van der Waals surface area contributed by atoms with Crippen LogP contribution in [0.15, 0.2) is 52.5 Å². The summed E-state index contributed by atoms with van der Waals surface area (Å²) in [5, 5.41) is 0.733. The summed E-state index contributed by atoms with van der Waals surface area (Å²) in [7, 11) is 0. The van der Waals surface area contributed by atoms with Crippen LogP contribution in [0.1, 0.15) is 30.9 Å². The van der Waals surface area contributed by atoms with E-state index in [4.69, 9.17) is 0 Å². The van der Waals surface area contributed by atoms with E-state index >= 15 is 0 Å². The maximum Gasteiger partial charge on any atom is 0.254 e. The highest BCUT2D eigenvalue weighted by atomic mass is 32.2. The van der Waals surface area contributed by atoms with Gasteiger partial charge in [-0.25, -0.2) is 4.98 Å². The van der Waals surface area contributed by atoms with E-state index in [1.807, 2.05) is 11.0 Å². The van der Waals surface area contributed by atoms with Gasteiger partial charge in [0.2, 0.25) is 5.91 Å². The van der Waals surface area contributed by atoms with Crippen molar-refractivity contribution in [2.45, 2.75) is 36.9 Å². The minimum absolute atomic E-state index is 0.0561. The number of hydrogen-bond donors (Lipinski definition) is 0. The Morgan fingerprint density at radius 2 is 1.92 bits per heavy atom. The fourth-order valence-corrected chi connectivity index (χ4v) is 5.03. The van der Waals surface area contributed by atoms with Crippen LogP contribution >= 0.6 is 11.8 Å². The topological polar surface area (TPSA) is 55.2 Å². The van der Waals surface area contributed by atoms with Gasteiger partial charge in [-0.15, -0.1) is 0 Å². The van der Waals surface area contributed by atoms with Crippen molar-refractivity contribution in [3.05, 3.63) is 58.5 Å². The predicted molar refractivity (Wildman–Crippen MR) is 102 cm³/mol. The second-order valence-electron chi connectivity index (χ2n) is 7.12. The molecule has 1 aromatic carbocycles. The lowest BCUT2D eigenvalue weighted by atomic mass is 9.90. The van der Waals surface area contributed by atoms with Crippen molar-refractivity contribution in [3.63, 3.8) is 0 Å². The molecule has 1 unspecified atom stereocenters. The Morgan fingerprint density at radius 3 is 2.69 bits per heavy atom. The lowest BCUT2D eigenvalue weighted by molar-refractivity contribution is -0.133. The highest BCUT2D eigenvalue weighted by molar-refractivity contribution is 7.99. The maximum absolute atomic E-state index is 12.7. The summed E-state index contributed by atoms with van der Waals surface area (Å²) >= 11 is 1.56. The quantitative estimate of drug-likeness (QED) is 0.778. The van der Waals surface area contributed by atoms with Gasteiger partial charge in [0.1, 0.15) is 0 Å². The molecule has 0 saturated carbocycles. The molecule has 0 spiro atoms. The molecule has 1 saturated heterocycles. The van der Waals surface area contributed by atoms with Gasteiger partial charge in [-0.3, -0.25) is 14.2 Å². The Bertz CT molecular complexity index is 828. The fourth-order valence-electron chi connectivity index (χ4n) is 3.90. The third-order valence-electron chi connectivity index (χ3n) is 5.36. The van der Waals surface area contributed by atoms with E-state index < -0.39 is 0 Å².